The van der Waals surface area contributed by atoms with Crippen LogP contribution in [0.25, 0.3) is 0 Å². The predicted molar refractivity (Wildman–Crippen MR) is 75.4 cm³/mol. The van der Waals surface area contributed by atoms with Gasteiger partial charge in [0.1, 0.15) is 10.8 Å². The van der Waals surface area contributed by atoms with Crippen LogP contribution in [0.2, 0.25) is 0 Å². The van der Waals surface area contributed by atoms with Gasteiger partial charge in [0.15, 0.2) is 0 Å². The minimum Gasteiger partial charge on any atom is -0.389 e. The highest BCUT2D eigenvalue weighted by Gasteiger charge is 2.28. The van der Waals surface area contributed by atoms with Crippen LogP contribution in [0.4, 0.5) is 5.82 Å². The molecule has 0 bridgehead atoms. The third kappa shape index (κ3) is 2.75. The molecule has 0 amide bonds. The minimum absolute atomic E-state index is 0.337. The second kappa shape index (κ2) is 4.61. The molecule has 2 N–H and O–H groups in total. The summed E-state index contributed by atoms with van der Waals surface area (Å²) in [5.74, 6) is 0.938. The van der Waals surface area contributed by atoms with Crippen molar-refractivity contribution in [3.05, 3.63) is 23.9 Å². The monoisotopic (exact) mass is 249 g/mol. The van der Waals surface area contributed by atoms with Gasteiger partial charge in [0.25, 0.3) is 0 Å². The van der Waals surface area contributed by atoms with Gasteiger partial charge in [0.05, 0.1) is 5.56 Å². The zero-order chi connectivity index (χ0) is 12.5. The Balaban J connectivity index is 2.30. The summed E-state index contributed by atoms with van der Waals surface area (Å²) in [6.07, 6.45) is 4.26. The summed E-state index contributed by atoms with van der Waals surface area (Å²) >= 11 is 5.09. The average molecular weight is 249 g/mol. The van der Waals surface area contributed by atoms with E-state index in [1.807, 2.05) is 12.1 Å². The number of thiocarbonyl (C=S) groups is 1. The van der Waals surface area contributed by atoms with Gasteiger partial charge in [0.2, 0.25) is 0 Å². The van der Waals surface area contributed by atoms with Crippen LogP contribution in [0.3, 0.4) is 0 Å². The largest absolute Gasteiger partial charge is 0.389 e. The molecule has 0 saturated carbocycles. The first kappa shape index (κ1) is 12.3. The van der Waals surface area contributed by atoms with Crippen molar-refractivity contribution in [1.29, 1.82) is 0 Å². The first-order chi connectivity index (χ1) is 7.99. The van der Waals surface area contributed by atoms with E-state index in [0.717, 1.165) is 24.5 Å². The molecule has 2 heterocycles. The molecular weight excluding hydrogens is 230 g/mol. The fraction of sp³-hybridized carbons (Fsp3) is 0.538. The van der Waals surface area contributed by atoms with Crippen molar-refractivity contribution in [3.63, 3.8) is 0 Å². The van der Waals surface area contributed by atoms with E-state index in [0.29, 0.717) is 10.4 Å². The van der Waals surface area contributed by atoms with Crippen LogP contribution in [0.1, 0.15) is 32.3 Å². The molecule has 0 atom stereocenters. The second-order valence-corrected chi connectivity index (χ2v) is 5.87. The maximum atomic E-state index is 5.75. The van der Waals surface area contributed by atoms with Gasteiger partial charge in [-0.25, -0.2) is 4.98 Å². The van der Waals surface area contributed by atoms with E-state index in [4.69, 9.17) is 18.0 Å². The zero-order valence-electron chi connectivity index (χ0n) is 10.4. The number of pyridine rings is 1. The molecule has 0 aliphatic carbocycles. The fourth-order valence-corrected chi connectivity index (χ4v) is 2.60. The van der Waals surface area contributed by atoms with Gasteiger partial charge in [0, 0.05) is 19.3 Å². The molecule has 0 radical (unpaired) electrons. The van der Waals surface area contributed by atoms with Crippen molar-refractivity contribution in [2.24, 2.45) is 11.1 Å². The standard InChI is InChI=1S/C13H19N3S/c1-13(2)6-4-8-16(9-13)12-10(11(14)17)5-3-7-15-12/h3,5,7H,4,6,8-9H2,1-2H3,(H2,14,17). The molecule has 1 aromatic rings. The molecule has 0 aromatic carbocycles. The molecule has 1 fully saturated rings. The number of hydrogen-bond acceptors (Lipinski definition) is 3. The second-order valence-electron chi connectivity index (χ2n) is 5.43. The fourth-order valence-electron chi connectivity index (χ4n) is 2.45. The maximum Gasteiger partial charge on any atom is 0.138 e. The van der Waals surface area contributed by atoms with Gasteiger partial charge < -0.3 is 10.6 Å². The molecule has 17 heavy (non-hydrogen) atoms. The Hall–Kier alpha value is -1.16. The Bertz CT molecular complexity index is 428. The molecule has 0 spiro atoms. The number of hydrogen-bond donors (Lipinski definition) is 1. The highest BCUT2D eigenvalue weighted by Crippen LogP contribution is 2.31. The third-order valence-electron chi connectivity index (χ3n) is 3.25. The van der Waals surface area contributed by atoms with Gasteiger partial charge in [-0.2, -0.15) is 0 Å². The smallest absolute Gasteiger partial charge is 0.138 e. The Morgan fingerprint density at radius 1 is 1.53 bits per heavy atom. The van der Waals surface area contributed by atoms with E-state index in [-0.39, 0.29) is 0 Å². The highest BCUT2D eigenvalue weighted by atomic mass is 32.1. The van der Waals surface area contributed by atoms with E-state index in [1.165, 1.54) is 12.8 Å². The average Bonchev–Trinajstić information content (AvgIpc) is 2.27. The molecule has 0 unspecified atom stereocenters. The van der Waals surface area contributed by atoms with Crippen LogP contribution in [-0.2, 0) is 0 Å². The summed E-state index contributed by atoms with van der Waals surface area (Å²) in [4.78, 5) is 7.18. The lowest BCUT2D eigenvalue weighted by molar-refractivity contribution is 0.292. The number of rotatable bonds is 2. The number of anilines is 1. The number of aromatic nitrogens is 1. The number of nitrogens with two attached hydrogens (primary N) is 1. The normalized spacial score (nSPS) is 19.1. The van der Waals surface area contributed by atoms with E-state index < -0.39 is 0 Å². The van der Waals surface area contributed by atoms with E-state index in [9.17, 15) is 0 Å². The lowest BCUT2D eigenvalue weighted by Crippen LogP contribution is -2.41. The summed E-state index contributed by atoms with van der Waals surface area (Å²) in [6.45, 7) is 6.64. The van der Waals surface area contributed by atoms with Crippen LogP contribution in [0.15, 0.2) is 18.3 Å². The van der Waals surface area contributed by atoms with Crippen molar-refractivity contribution in [1.82, 2.24) is 4.98 Å². The van der Waals surface area contributed by atoms with Gasteiger partial charge >= 0.3 is 0 Å². The summed E-state index contributed by atoms with van der Waals surface area (Å²) < 4.78 is 0. The molecule has 2 rings (SSSR count). The van der Waals surface area contributed by atoms with Crippen molar-refractivity contribution in [2.75, 3.05) is 18.0 Å². The van der Waals surface area contributed by atoms with Crippen LogP contribution in [0, 0.1) is 5.41 Å². The van der Waals surface area contributed by atoms with Gasteiger partial charge in [-0.15, -0.1) is 0 Å². The minimum atomic E-state index is 0.337. The van der Waals surface area contributed by atoms with Crippen molar-refractivity contribution >= 4 is 23.0 Å². The van der Waals surface area contributed by atoms with Gasteiger partial charge in [-0.3, -0.25) is 0 Å². The summed E-state index contributed by atoms with van der Waals surface area (Å²) in [5.41, 5.74) is 6.98. The molecule has 3 nitrogen and oxygen atoms in total. The Labute approximate surface area is 108 Å². The van der Waals surface area contributed by atoms with Crippen LogP contribution >= 0.6 is 12.2 Å². The Morgan fingerprint density at radius 3 is 2.94 bits per heavy atom. The number of nitrogens with zero attached hydrogens (tertiary/aromatic N) is 2. The molecular formula is C13H19N3S. The first-order valence-electron chi connectivity index (χ1n) is 5.99. The molecule has 1 saturated heterocycles. The lowest BCUT2D eigenvalue weighted by atomic mass is 9.84. The van der Waals surface area contributed by atoms with Gasteiger partial charge in [-0.1, -0.05) is 26.1 Å². The molecule has 1 aromatic heterocycles. The summed E-state index contributed by atoms with van der Waals surface area (Å²) in [7, 11) is 0. The highest BCUT2D eigenvalue weighted by molar-refractivity contribution is 7.80. The van der Waals surface area contributed by atoms with Crippen molar-refractivity contribution < 1.29 is 0 Å². The first-order valence-corrected chi connectivity index (χ1v) is 6.40. The van der Waals surface area contributed by atoms with Crippen molar-refractivity contribution in [2.45, 2.75) is 26.7 Å². The Kier molecular flexibility index (Phi) is 3.33. The van der Waals surface area contributed by atoms with E-state index in [1.54, 1.807) is 6.20 Å². The Morgan fingerprint density at radius 2 is 2.29 bits per heavy atom. The summed E-state index contributed by atoms with van der Waals surface area (Å²) in [6, 6.07) is 3.83. The molecule has 4 heteroatoms. The third-order valence-corrected chi connectivity index (χ3v) is 3.47. The van der Waals surface area contributed by atoms with Crippen LogP contribution in [-0.4, -0.2) is 23.1 Å². The quantitative estimate of drug-likeness (QED) is 0.817. The van der Waals surface area contributed by atoms with E-state index in [2.05, 4.69) is 23.7 Å². The molecule has 92 valence electrons. The summed E-state index contributed by atoms with van der Waals surface area (Å²) in [5, 5.41) is 0. The van der Waals surface area contributed by atoms with Gasteiger partial charge in [-0.05, 0) is 30.4 Å². The maximum absolute atomic E-state index is 5.75. The zero-order valence-corrected chi connectivity index (χ0v) is 11.3. The lowest BCUT2D eigenvalue weighted by Gasteiger charge is -2.39. The molecule has 1 aliphatic rings. The molecule has 1 aliphatic heterocycles. The van der Waals surface area contributed by atoms with E-state index >= 15 is 0 Å². The topological polar surface area (TPSA) is 42.2 Å². The number of piperidine rings is 1. The SMILES string of the molecule is CC1(C)CCCN(c2ncccc2C(N)=S)C1. The van der Waals surface area contributed by atoms with Crippen LogP contribution < -0.4 is 10.6 Å². The predicted octanol–water partition coefficient (Wildman–Crippen LogP) is 2.34. The van der Waals surface area contributed by atoms with Crippen LogP contribution in [0.5, 0.6) is 0 Å². The van der Waals surface area contributed by atoms with Crippen molar-refractivity contribution in [3.8, 4) is 0 Å².